The van der Waals surface area contributed by atoms with Crippen molar-refractivity contribution in [1.82, 2.24) is 19.6 Å². The van der Waals surface area contributed by atoms with E-state index in [1.165, 1.54) is 33.4 Å². The van der Waals surface area contributed by atoms with E-state index in [9.17, 15) is 9.59 Å². The van der Waals surface area contributed by atoms with Gasteiger partial charge in [0, 0.05) is 53.4 Å². The largest absolute Gasteiger partial charge is 0.340 e. The summed E-state index contributed by atoms with van der Waals surface area (Å²) in [6.45, 7) is 13.7. The number of hydrogen-bond donors (Lipinski definition) is 0. The van der Waals surface area contributed by atoms with Crippen LogP contribution in [0.2, 0.25) is 0 Å². The maximum atomic E-state index is 12.8. The van der Waals surface area contributed by atoms with Crippen molar-refractivity contribution in [2.45, 2.75) is 40.8 Å². The summed E-state index contributed by atoms with van der Waals surface area (Å²) in [5.74, 6) is 0.274. The zero-order chi connectivity index (χ0) is 24.8. The van der Waals surface area contributed by atoms with E-state index in [-0.39, 0.29) is 11.8 Å². The maximum Gasteiger partial charge on any atom is 0.236 e. The first kappa shape index (κ1) is 25.9. The van der Waals surface area contributed by atoms with E-state index in [0.29, 0.717) is 26.2 Å². The molecule has 1 aliphatic heterocycles. The second kappa shape index (κ2) is 11.6. The number of aryl methyl sites for hydroxylation is 4. The van der Waals surface area contributed by atoms with Crippen LogP contribution in [0.25, 0.3) is 0 Å². The molecule has 0 saturated carbocycles. The van der Waals surface area contributed by atoms with Gasteiger partial charge in [0.1, 0.15) is 0 Å². The van der Waals surface area contributed by atoms with E-state index in [1.54, 1.807) is 0 Å². The fraction of sp³-hybridized carbons (Fsp3) is 0.500. The van der Waals surface area contributed by atoms with E-state index < -0.39 is 0 Å². The van der Waals surface area contributed by atoms with Gasteiger partial charge in [-0.1, -0.05) is 47.5 Å². The predicted molar refractivity (Wildman–Crippen MR) is 138 cm³/mol. The molecule has 0 aliphatic carbocycles. The number of likely N-dealkylation sites (N-methyl/N-ethyl adjacent to an activating group) is 2. The first-order valence-electron chi connectivity index (χ1n) is 12.2. The van der Waals surface area contributed by atoms with Crippen molar-refractivity contribution in [2.24, 2.45) is 0 Å². The van der Waals surface area contributed by atoms with Crippen molar-refractivity contribution in [3.8, 4) is 0 Å². The van der Waals surface area contributed by atoms with Crippen molar-refractivity contribution in [3.63, 3.8) is 0 Å². The molecule has 1 aliphatic rings. The molecule has 1 fully saturated rings. The number of amides is 2. The van der Waals surface area contributed by atoms with Crippen molar-refractivity contribution < 1.29 is 9.59 Å². The van der Waals surface area contributed by atoms with E-state index in [0.717, 1.165) is 26.2 Å². The lowest BCUT2D eigenvalue weighted by Gasteiger charge is -2.35. The Bertz CT molecular complexity index is 930. The van der Waals surface area contributed by atoms with Gasteiger partial charge in [-0.3, -0.25) is 19.4 Å². The van der Waals surface area contributed by atoms with E-state index in [2.05, 4.69) is 73.9 Å². The van der Waals surface area contributed by atoms with Crippen LogP contribution in [0, 0.1) is 27.7 Å². The Morgan fingerprint density at radius 2 is 1.03 bits per heavy atom. The second-order valence-corrected chi connectivity index (χ2v) is 9.91. The van der Waals surface area contributed by atoms with Crippen LogP contribution in [0.5, 0.6) is 0 Å². The van der Waals surface area contributed by atoms with Crippen molar-refractivity contribution in [1.29, 1.82) is 0 Å². The molecule has 1 heterocycles. The Balaban J connectivity index is 1.41. The lowest BCUT2D eigenvalue weighted by molar-refractivity contribution is -0.134. The molecule has 0 unspecified atom stereocenters. The molecule has 0 aromatic heterocycles. The molecule has 0 N–H and O–H groups in total. The minimum atomic E-state index is 0.137. The van der Waals surface area contributed by atoms with Gasteiger partial charge in [0.2, 0.25) is 11.8 Å². The van der Waals surface area contributed by atoms with E-state index in [1.807, 2.05) is 23.9 Å². The molecule has 34 heavy (non-hydrogen) atoms. The normalized spacial score (nSPS) is 14.8. The molecule has 2 aromatic carbocycles. The van der Waals surface area contributed by atoms with Gasteiger partial charge in [-0.2, -0.15) is 0 Å². The molecular weight excluding hydrogens is 424 g/mol. The molecule has 2 aromatic rings. The Labute approximate surface area is 205 Å². The molecule has 0 bridgehead atoms. The fourth-order valence-corrected chi connectivity index (χ4v) is 4.46. The topological polar surface area (TPSA) is 47.1 Å². The molecule has 0 spiro atoms. The molecule has 6 heteroatoms. The summed E-state index contributed by atoms with van der Waals surface area (Å²) in [6.07, 6.45) is 0. The molecule has 1 saturated heterocycles. The second-order valence-electron chi connectivity index (χ2n) is 9.91. The van der Waals surface area contributed by atoms with Crippen LogP contribution in [0.1, 0.15) is 33.4 Å². The SMILES string of the molecule is Cc1ccc(CN(C)C(=O)CN2CCN(CC(=O)N(C)Cc3ccc(C)cc3C)CC2)c(C)c1. The molecule has 184 valence electrons. The first-order chi connectivity index (χ1) is 16.1. The number of hydrogen-bond acceptors (Lipinski definition) is 4. The van der Waals surface area contributed by atoms with Gasteiger partial charge < -0.3 is 9.80 Å². The number of piperazine rings is 1. The third-order valence-corrected chi connectivity index (χ3v) is 6.85. The van der Waals surface area contributed by atoms with Gasteiger partial charge in [0.05, 0.1) is 13.1 Å². The lowest BCUT2D eigenvalue weighted by atomic mass is 10.1. The van der Waals surface area contributed by atoms with E-state index in [4.69, 9.17) is 0 Å². The van der Waals surface area contributed by atoms with Crippen LogP contribution in [0.4, 0.5) is 0 Å². The van der Waals surface area contributed by atoms with Crippen molar-refractivity contribution >= 4 is 11.8 Å². The minimum Gasteiger partial charge on any atom is -0.340 e. The van der Waals surface area contributed by atoms with Crippen LogP contribution >= 0.6 is 0 Å². The summed E-state index contributed by atoms with van der Waals surface area (Å²) in [5, 5.41) is 0. The highest BCUT2D eigenvalue weighted by Crippen LogP contribution is 2.14. The van der Waals surface area contributed by atoms with Gasteiger partial charge >= 0.3 is 0 Å². The third kappa shape index (κ3) is 7.15. The minimum absolute atomic E-state index is 0.137. The highest BCUT2D eigenvalue weighted by Gasteiger charge is 2.23. The standard InChI is InChI=1S/C28H40N4O2/c1-21-7-9-25(23(3)15-21)17-29(5)27(33)19-31-11-13-32(14-12-31)20-28(34)30(6)18-26-10-8-22(2)16-24(26)4/h7-10,15-16H,11-14,17-20H2,1-6H3. The summed E-state index contributed by atoms with van der Waals surface area (Å²) in [7, 11) is 3.75. The number of rotatable bonds is 8. The molecule has 2 amide bonds. The van der Waals surface area contributed by atoms with Crippen LogP contribution in [-0.2, 0) is 22.7 Å². The Morgan fingerprint density at radius 3 is 1.35 bits per heavy atom. The monoisotopic (exact) mass is 464 g/mol. The van der Waals surface area contributed by atoms with Crippen LogP contribution in [0.3, 0.4) is 0 Å². The van der Waals surface area contributed by atoms with Crippen molar-refractivity contribution in [3.05, 3.63) is 69.8 Å². The summed E-state index contributed by atoms with van der Waals surface area (Å²) in [6, 6.07) is 12.7. The Morgan fingerprint density at radius 1 is 0.676 bits per heavy atom. The smallest absolute Gasteiger partial charge is 0.236 e. The lowest BCUT2D eigenvalue weighted by Crippen LogP contribution is -2.51. The van der Waals surface area contributed by atoms with E-state index >= 15 is 0 Å². The van der Waals surface area contributed by atoms with Gasteiger partial charge in [0.25, 0.3) is 0 Å². The predicted octanol–water partition coefficient (Wildman–Crippen LogP) is 3.15. The van der Waals surface area contributed by atoms with Gasteiger partial charge in [-0.05, 0) is 49.9 Å². The quantitative estimate of drug-likeness (QED) is 0.602. The maximum absolute atomic E-state index is 12.8. The van der Waals surface area contributed by atoms with Crippen LogP contribution < -0.4 is 0 Å². The average Bonchev–Trinajstić information content (AvgIpc) is 2.78. The molecule has 6 nitrogen and oxygen atoms in total. The summed E-state index contributed by atoms with van der Waals surface area (Å²) < 4.78 is 0. The summed E-state index contributed by atoms with van der Waals surface area (Å²) in [5.41, 5.74) is 7.30. The number of benzene rings is 2. The fourth-order valence-electron chi connectivity index (χ4n) is 4.46. The number of carbonyl (C=O) groups is 2. The molecule has 3 rings (SSSR count). The van der Waals surface area contributed by atoms with Gasteiger partial charge in [0.15, 0.2) is 0 Å². The number of nitrogens with zero attached hydrogens (tertiary/aromatic N) is 4. The molecule has 0 radical (unpaired) electrons. The third-order valence-electron chi connectivity index (χ3n) is 6.85. The number of carbonyl (C=O) groups excluding carboxylic acids is 2. The van der Waals surface area contributed by atoms with Crippen molar-refractivity contribution in [2.75, 3.05) is 53.4 Å². The van der Waals surface area contributed by atoms with Gasteiger partial charge in [-0.25, -0.2) is 0 Å². The average molecular weight is 465 g/mol. The molecular formula is C28H40N4O2. The first-order valence-corrected chi connectivity index (χ1v) is 12.2. The highest BCUT2D eigenvalue weighted by molar-refractivity contribution is 5.78. The van der Waals surface area contributed by atoms with Gasteiger partial charge in [-0.15, -0.1) is 0 Å². The molecule has 0 atom stereocenters. The summed E-state index contributed by atoms with van der Waals surface area (Å²) >= 11 is 0. The zero-order valence-corrected chi connectivity index (χ0v) is 21.7. The zero-order valence-electron chi connectivity index (χ0n) is 21.7. The van der Waals surface area contributed by atoms with Crippen LogP contribution in [0.15, 0.2) is 36.4 Å². The highest BCUT2D eigenvalue weighted by atomic mass is 16.2. The Kier molecular flexibility index (Phi) is 8.86. The van der Waals surface area contributed by atoms with Crippen LogP contribution in [-0.4, -0.2) is 84.8 Å². The Hall–Kier alpha value is -2.70. The summed E-state index contributed by atoms with van der Waals surface area (Å²) in [4.78, 5) is 33.6.